The second-order valence-electron chi connectivity index (χ2n) is 4.33. The molecule has 0 aromatic heterocycles. The fourth-order valence-corrected chi connectivity index (χ4v) is 3.73. The lowest BCUT2D eigenvalue weighted by Crippen LogP contribution is -2.15. The van der Waals surface area contributed by atoms with E-state index in [1.807, 2.05) is 30.3 Å². The molecule has 1 aliphatic rings. The van der Waals surface area contributed by atoms with Crippen molar-refractivity contribution in [1.82, 2.24) is 0 Å². The Balaban J connectivity index is 1.90. The van der Waals surface area contributed by atoms with Gasteiger partial charge in [-0.25, -0.2) is 0 Å². The SMILES string of the molecule is NCc1c(Br)cccc1Sc1ccc2c(c1)OCCO2. The lowest BCUT2D eigenvalue weighted by Gasteiger charge is -2.19. The van der Waals surface area contributed by atoms with Crippen LogP contribution in [-0.2, 0) is 6.54 Å². The Morgan fingerprint density at radius 2 is 1.90 bits per heavy atom. The predicted molar refractivity (Wildman–Crippen MR) is 83.6 cm³/mol. The van der Waals surface area contributed by atoms with Gasteiger partial charge in [-0.3, -0.25) is 0 Å². The van der Waals surface area contributed by atoms with Crippen LogP contribution < -0.4 is 15.2 Å². The molecule has 5 heteroatoms. The molecule has 2 aromatic rings. The fourth-order valence-electron chi connectivity index (χ4n) is 2.05. The summed E-state index contributed by atoms with van der Waals surface area (Å²) in [7, 11) is 0. The van der Waals surface area contributed by atoms with Crippen LogP contribution in [0.4, 0.5) is 0 Å². The minimum absolute atomic E-state index is 0.508. The Hall–Kier alpha value is -1.17. The highest BCUT2D eigenvalue weighted by Crippen LogP contribution is 2.38. The average molecular weight is 352 g/mol. The van der Waals surface area contributed by atoms with Crippen molar-refractivity contribution in [3.8, 4) is 11.5 Å². The van der Waals surface area contributed by atoms with Crippen LogP contribution in [0.2, 0.25) is 0 Å². The van der Waals surface area contributed by atoms with Gasteiger partial charge in [0.25, 0.3) is 0 Å². The molecule has 0 saturated heterocycles. The average Bonchev–Trinajstić information content (AvgIpc) is 2.47. The summed E-state index contributed by atoms with van der Waals surface area (Å²) in [5.74, 6) is 1.62. The van der Waals surface area contributed by atoms with Crippen LogP contribution in [0.5, 0.6) is 11.5 Å². The van der Waals surface area contributed by atoms with E-state index >= 15 is 0 Å². The first-order valence-corrected chi connectivity index (χ1v) is 7.94. The Labute approximate surface area is 130 Å². The molecule has 3 nitrogen and oxygen atoms in total. The second-order valence-corrected chi connectivity index (χ2v) is 6.30. The summed E-state index contributed by atoms with van der Waals surface area (Å²) in [4.78, 5) is 2.26. The van der Waals surface area contributed by atoms with Gasteiger partial charge in [0.15, 0.2) is 11.5 Å². The van der Waals surface area contributed by atoms with Crippen LogP contribution >= 0.6 is 27.7 Å². The molecule has 1 heterocycles. The van der Waals surface area contributed by atoms with Gasteiger partial charge in [-0.05, 0) is 35.9 Å². The zero-order valence-corrected chi connectivity index (χ0v) is 13.2. The molecule has 0 bridgehead atoms. The van der Waals surface area contributed by atoms with Crippen LogP contribution in [-0.4, -0.2) is 13.2 Å². The highest BCUT2D eigenvalue weighted by Gasteiger charge is 2.13. The molecule has 0 radical (unpaired) electrons. The summed E-state index contributed by atoms with van der Waals surface area (Å²) in [5.41, 5.74) is 6.95. The van der Waals surface area contributed by atoms with E-state index in [2.05, 4.69) is 22.0 Å². The first kappa shape index (κ1) is 13.8. The number of ether oxygens (including phenoxy) is 2. The van der Waals surface area contributed by atoms with Gasteiger partial charge >= 0.3 is 0 Å². The van der Waals surface area contributed by atoms with E-state index in [1.165, 1.54) is 0 Å². The summed E-state index contributed by atoms with van der Waals surface area (Å²) in [5, 5.41) is 0. The van der Waals surface area contributed by atoms with E-state index in [-0.39, 0.29) is 0 Å². The molecule has 104 valence electrons. The van der Waals surface area contributed by atoms with E-state index in [9.17, 15) is 0 Å². The highest BCUT2D eigenvalue weighted by atomic mass is 79.9. The molecule has 3 rings (SSSR count). The molecule has 0 amide bonds. The quantitative estimate of drug-likeness (QED) is 0.912. The van der Waals surface area contributed by atoms with Crippen LogP contribution in [0.25, 0.3) is 0 Å². The van der Waals surface area contributed by atoms with Crippen molar-refractivity contribution in [1.29, 1.82) is 0 Å². The van der Waals surface area contributed by atoms with E-state index in [4.69, 9.17) is 15.2 Å². The van der Waals surface area contributed by atoms with E-state index in [1.54, 1.807) is 11.8 Å². The smallest absolute Gasteiger partial charge is 0.162 e. The topological polar surface area (TPSA) is 44.5 Å². The number of benzene rings is 2. The zero-order valence-electron chi connectivity index (χ0n) is 10.8. The molecule has 0 fully saturated rings. The lowest BCUT2D eigenvalue weighted by atomic mass is 10.2. The molecular weight excluding hydrogens is 338 g/mol. The van der Waals surface area contributed by atoms with Crippen molar-refractivity contribution in [3.05, 3.63) is 46.4 Å². The van der Waals surface area contributed by atoms with Crippen molar-refractivity contribution in [2.24, 2.45) is 5.73 Å². The molecule has 2 aromatic carbocycles. The minimum atomic E-state index is 0.508. The van der Waals surface area contributed by atoms with Crippen LogP contribution in [0.3, 0.4) is 0 Å². The van der Waals surface area contributed by atoms with Crippen LogP contribution in [0.15, 0.2) is 50.7 Å². The zero-order chi connectivity index (χ0) is 13.9. The van der Waals surface area contributed by atoms with Gasteiger partial charge in [0.2, 0.25) is 0 Å². The first-order valence-electron chi connectivity index (χ1n) is 6.33. The fraction of sp³-hybridized carbons (Fsp3) is 0.200. The van der Waals surface area contributed by atoms with E-state index < -0.39 is 0 Å². The van der Waals surface area contributed by atoms with Crippen LogP contribution in [0.1, 0.15) is 5.56 Å². The summed E-state index contributed by atoms with van der Waals surface area (Å²) in [6, 6.07) is 12.1. The van der Waals surface area contributed by atoms with E-state index in [0.717, 1.165) is 31.3 Å². The number of hydrogen-bond acceptors (Lipinski definition) is 4. The molecule has 0 spiro atoms. The summed E-state index contributed by atoms with van der Waals surface area (Å²) < 4.78 is 12.2. The predicted octanol–water partition coefficient (Wildman–Crippen LogP) is 3.83. The first-order chi connectivity index (χ1) is 9.78. The Morgan fingerprint density at radius 1 is 1.10 bits per heavy atom. The van der Waals surface area contributed by atoms with Crippen molar-refractivity contribution in [2.45, 2.75) is 16.3 Å². The molecular formula is C15H14BrNO2S. The van der Waals surface area contributed by atoms with Gasteiger partial charge in [0, 0.05) is 20.8 Å². The molecule has 0 unspecified atom stereocenters. The Bertz CT molecular complexity index is 633. The Morgan fingerprint density at radius 3 is 2.70 bits per heavy atom. The van der Waals surface area contributed by atoms with Crippen molar-refractivity contribution in [3.63, 3.8) is 0 Å². The largest absolute Gasteiger partial charge is 0.486 e. The minimum Gasteiger partial charge on any atom is -0.486 e. The normalized spacial score (nSPS) is 13.3. The maximum atomic E-state index is 5.83. The standard InChI is InChI=1S/C15H14BrNO2S/c16-12-2-1-3-15(11(12)9-17)20-10-4-5-13-14(8-10)19-7-6-18-13/h1-5,8H,6-7,9,17H2. The van der Waals surface area contributed by atoms with Gasteiger partial charge in [-0.1, -0.05) is 33.8 Å². The van der Waals surface area contributed by atoms with Crippen molar-refractivity contribution < 1.29 is 9.47 Å². The molecule has 0 atom stereocenters. The van der Waals surface area contributed by atoms with Crippen molar-refractivity contribution in [2.75, 3.05) is 13.2 Å². The highest BCUT2D eigenvalue weighted by molar-refractivity contribution is 9.10. The molecule has 0 saturated carbocycles. The third-order valence-corrected chi connectivity index (χ3v) is 4.86. The number of fused-ring (bicyclic) bond motifs is 1. The second kappa shape index (κ2) is 6.08. The number of rotatable bonds is 3. The van der Waals surface area contributed by atoms with Gasteiger partial charge in [-0.15, -0.1) is 0 Å². The van der Waals surface area contributed by atoms with Gasteiger partial charge in [0.05, 0.1) is 0 Å². The molecule has 20 heavy (non-hydrogen) atoms. The third kappa shape index (κ3) is 2.80. The van der Waals surface area contributed by atoms with Crippen molar-refractivity contribution >= 4 is 27.7 Å². The monoisotopic (exact) mass is 351 g/mol. The third-order valence-electron chi connectivity index (χ3n) is 3.02. The van der Waals surface area contributed by atoms with Crippen LogP contribution in [0, 0.1) is 0 Å². The maximum Gasteiger partial charge on any atom is 0.162 e. The van der Waals surface area contributed by atoms with Gasteiger partial charge in [-0.2, -0.15) is 0 Å². The lowest BCUT2D eigenvalue weighted by molar-refractivity contribution is 0.171. The van der Waals surface area contributed by atoms with E-state index in [0.29, 0.717) is 19.8 Å². The summed E-state index contributed by atoms with van der Waals surface area (Å²) in [6.07, 6.45) is 0. The number of hydrogen-bond donors (Lipinski definition) is 1. The maximum absolute atomic E-state index is 5.83. The molecule has 2 N–H and O–H groups in total. The van der Waals surface area contributed by atoms with Gasteiger partial charge < -0.3 is 15.2 Å². The van der Waals surface area contributed by atoms with Gasteiger partial charge in [0.1, 0.15) is 13.2 Å². The Kier molecular flexibility index (Phi) is 4.19. The summed E-state index contributed by atoms with van der Waals surface area (Å²) in [6.45, 7) is 1.73. The number of halogens is 1. The molecule has 1 aliphatic heterocycles. The number of nitrogens with two attached hydrogens (primary N) is 1. The summed E-state index contributed by atoms with van der Waals surface area (Å²) >= 11 is 5.22. The molecule has 0 aliphatic carbocycles.